The number of rotatable bonds is 2. The first-order valence-electron chi connectivity index (χ1n) is 9.26. The fourth-order valence-electron chi connectivity index (χ4n) is 3.68. The number of nitrogens with zero attached hydrogens (tertiary/aromatic N) is 4. The van der Waals surface area contributed by atoms with Crippen molar-refractivity contribution in [2.24, 2.45) is 4.99 Å². The molecule has 5 rings (SSSR count). The van der Waals surface area contributed by atoms with Crippen molar-refractivity contribution in [3.63, 3.8) is 0 Å². The predicted molar refractivity (Wildman–Crippen MR) is 106 cm³/mol. The average Bonchev–Trinajstić information content (AvgIpc) is 3.16. The summed E-state index contributed by atoms with van der Waals surface area (Å²) in [4.78, 5) is 14.8. The molecule has 2 aromatic rings. The first kappa shape index (κ1) is 15.7. The van der Waals surface area contributed by atoms with Crippen LogP contribution in [0.2, 0.25) is 0 Å². The molecule has 0 spiro atoms. The van der Waals surface area contributed by atoms with Gasteiger partial charge < -0.3 is 0 Å². The summed E-state index contributed by atoms with van der Waals surface area (Å²) in [5.74, 6) is 0. The van der Waals surface area contributed by atoms with E-state index in [4.69, 9.17) is 15.0 Å². The number of benzene rings is 1. The van der Waals surface area contributed by atoms with Gasteiger partial charge in [0.2, 0.25) is 5.62 Å². The molecule has 1 aliphatic heterocycles. The van der Waals surface area contributed by atoms with Gasteiger partial charge in [0, 0.05) is 0 Å². The van der Waals surface area contributed by atoms with Crippen molar-refractivity contribution in [2.75, 3.05) is 0 Å². The Kier molecular flexibility index (Phi) is 4.02. The molecule has 0 radical (unpaired) electrons. The third-order valence-electron chi connectivity index (χ3n) is 5.00. The van der Waals surface area contributed by atoms with Crippen molar-refractivity contribution in [3.05, 3.63) is 60.2 Å². The monoisotopic (exact) mass is 360 g/mol. The van der Waals surface area contributed by atoms with Crippen molar-refractivity contribution in [1.29, 1.82) is 0 Å². The van der Waals surface area contributed by atoms with Gasteiger partial charge in [-0.3, -0.25) is 4.57 Å². The summed E-state index contributed by atoms with van der Waals surface area (Å²) in [5.41, 5.74) is 3.84. The fourth-order valence-corrected chi connectivity index (χ4v) is 4.66. The average molecular weight is 360 g/mol. The topological polar surface area (TPSA) is 43.1 Å². The summed E-state index contributed by atoms with van der Waals surface area (Å²) in [6.45, 7) is 0. The van der Waals surface area contributed by atoms with Crippen LogP contribution in [0, 0.1) is 0 Å². The SMILES string of the molecule is c1ccc2nc(=NC3CCCCC3)n(-c3nc4ccccc4s3)c-2cc1. The Hall–Kier alpha value is -2.53. The van der Waals surface area contributed by atoms with Crippen LogP contribution in [0.4, 0.5) is 0 Å². The van der Waals surface area contributed by atoms with E-state index in [0.29, 0.717) is 6.04 Å². The summed E-state index contributed by atoms with van der Waals surface area (Å²) in [6, 6.07) is 18.9. The molecule has 2 heterocycles. The molecule has 26 heavy (non-hydrogen) atoms. The lowest BCUT2D eigenvalue weighted by Gasteiger charge is -2.16. The molecule has 0 unspecified atom stereocenters. The zero-order chi connectivity index (χ0) is 17.3. The Bertz CT molecular complexity index is 1060. The quantitative estimate of drug-likeness (QED) is 0.514. The fraction of sp³-hybridized carbons (Fsp3) is 0.286. The van der Waals surface area contributed by atoms with Crippen LogP contribution >= 0.6 is 11.3 Å². The van der Waals surface area contributed by atoms with E-state index in [2.05, 4.69) is 41.0 Å². The van der Waals surface area contributed by atoms with Gasteiger partial charge >= 0.3 is 0 Å². The summed E-state index contributed by atoms with van der Waals surface area (Å²) >= 11 is 1.69. The van der Waals surface area contributed by atoms with Gasteiger partial charge in [-0.05, 0) is 37.1 Å². The second-order valence-electron chi connectivity index (χ2n) is 6.81. The van der Waals surface area contributed by atoms with Crippen LogP contribution in [-0.4, -0.2) is 20.6 Å². The smallest absolute Gasteiger partial charge is 0.232 e. The standard InChI is InChI=1S/C21H20N4S/c1-3-9-15(10-4-1)22-20-23-16-11-5-2-6-13-18(16)25(20)21-24-17-12-7-8-14-19(17)26-21/h2,5-8,11-15H,1,3-4,9-10H2. The van der Waals surface area contributed by atoms with Gasteiger partial charge in [0.15, 0.2) is 5.13 Å². The molecule has 1 fully saturated rings. The van der Waals surface area contributed by atoms with Crippen molar-refractivity contribution >= 4 is 21.6 Å². The maximum Gasteiger partial charge on any atom is 0.232 e. The van der Waals surface area contributed by atoms with Crippen molar-refractivity contribution in [3.8, 4) is 16.5 Å². The van der Waals surface area contributed by atoms with E-state index in [1.807, 2.05) is 18.2 Å². The molecule has 1 aromatic carbocycles. The highest BCUT2D eigenvalue weighted by Crippen LogP contribution is 2.28. The Morgan fingerprint density at radius 1 is 0.885 bits per heavy atom. The molecular weight excluding hydrogens is 340 g/mol. The zero-order valence-corrected chi connectivity index (χ0v) is 15.3. The second kappa shape index (κ2) is 6.65. The molecule has 0 N–H and O–H groups in total. The highest BCUT2D eigenvalue weighted by Gasteiger charge is 2.18. The summed E-state index contributed by atoms with van der Waals surface area (Å²) in [6.07, 6.45) is 6.19. The molecule has 0 bridgehead atoms. The van der Waals surface area contributed by atoms with Crippen molar-refractivity contribution in [1.82, 2.24) is 14.5 Å². The molecule has 5 heteroatoms. The Morgan fingerprint density at radius 3 is 2.58 bits per heavy atom. The highest BCUT2D eigenvalue weighted by atomic mass is 32.1. The van der Waals surface area contributed by atoms with Crippen LogP contribution in [0.3, 0.4) is 0 Å². The van der Waals surface area contributed by atoms with E-state index in [-0.39, 0.29) is 0 Å². The molecule has 4 nitrogen and oxygen atoms in total. The molecule has 2 aliphatic carbocycles. The number of para-hydroxylation sites is 1. The molecule has 0 saturated heterocycles. The molecule has 1 aromatic heterocycles. The summed E-state index contributed by atoms with van der Waals surface area (Å²) in [7, 11) is 0. The first-order valence-corrected chi connectivity index (χ1v) is 10.1. The lowest BCUT2D eigenvalue weighted by Crippen LogP contribution is -2.22. The number of hydrogen-bond donors (Lipinski definition) is 0. The first-order chi connectivity index (χ1) is 12.9. The second-order valence-corrected chi connectivity index (χ2v) is 7.82. The van der Waals surface area contributed by atoms with E-state index in [9.17, 15) is 0 Å². The van der Waals surface area contributed by atoms with E-state index in [1.165, 1.54) is 24.0 Å². The van der Waals surface area contributed by atoms with Gasteiger partial charge in [-0.2, -0.15) is 0 Å². The minimum absolute atomic E-state index is 0.377. The third kappa shape index (κ3) is 2.82. The maximum atomic E-state index is 5.04. The van der Waals surface area contributed by atoms with E-state index in [1.54, 1.807) is 11.3 Å². The van der Waals surface area contributed by atoms with Crippen molar-refractivity contribution in [2.45, 2.75) is 38.1 Å². The molecule has 0 atom stereocenters. The number of fused-ring (bicyclic) bond motifs is 2. The maximum absolute atomic E-state index is 5.04. The van der Waals surface area contributed by atoms with Crippen LogP contribution in [0.1, 0.15) is 32.1 Å². The van der Waals surface area contributed by atoms with Gasteiger partial charge in [-0.1, -0.05) is 60.9 Å². The van der Waals surface area contributed by atoms with Gasteiger partial charge in [0.25, 0.3) is 0 Å². The lowest BCUT2D eigenvalue weighted by atomic mass is 9.96. The van der Waals surface area contributed by atoms with Gasteiger partial charge in [0.05, 0.1) is 27.6 Å². The van der Waals surface area contributed by atoms with Gasteiger partial charge in [0.1, 0.15) is 0 Å². The largest absolute Gasteiger partial charge is 0.252 e. The Morgan fingerprint density at radius 2 is 1.69 bits per heavy atom. The minimum atomic E-state index is 0.377. The Labute approximate surface area is 156 Å². The predicted octanol–water partition coefficient (Wildman–Crippen LogP) is 4.82. The third-order valence-corrected chi connectivity index (χ3v) is 6.02. The lowest BCUT2D eigenvalue weighted by molar-refractivity contribution is 0.433. The molecule has 130 valence electrons. The molecule has 0 amide bonds. The molecule has 1 saturated carbocycles. The van der Waals surface area contributed by atoms with E-state index in [0.717, 1.165) is 40.5 Å². The number of imidazole rings is 1. The molecular formula is C21H20N4S. The van der Waals surface area contributed by atoms with Crippen LogP contribution in [0.25, 0.3) is 26.7 Å². The summed E-state index contributed by atoms with van der Waals surface area (Å²) in [5, 5.41) is 0.939. The van der Waals surface area contributed by atoms with Gasteiger partial charge in [-0.15, -0.1) is 0 Å². The normalized spacial score (nSPS) is 16.5. The van der Waals surface area contributed by atoms with Crippen LogP contribution in [0.15, 0.2) is 59.6 Å². The van der Waals surface area contributed by atoms with E-state index >= 15 is 0 Å². The zero-order valence-electron chi connectivity index (χ0n) is 14.5. The minimum Gasteiger partial charge on any atom is -0.252 e. The van der Waals surface area contributed by atoms with E-state index < -0.39 is 0 Å². The van der Waals surface area contributed by atoms with Gasteiger partial charge in [-0.25, -0.2) is 15.0 Å². The van der Waals surface area contributed by atoms with Crippen molar-refractivity contribution < 1.29 is 0 Å². The molecule has 3 aliphatic rings. The Balaban J connectivity index is 1.74. The van der Waals surface area contributed by atoms with Crippen LogP contribution < -0.4 is 5.62 Å². The number of aromatic nitrogens is 3. The van der Waals surface area contributed by atoms with Crippen LogP contribution in [-0.2, 0) is 0 Å². The summed E-state index contributed by atoms with van der Waals surface area (Å²) < 4.78 is 3.32. The highest BCUT2D eigenvalue weighted by molar-refractivity contribution is 7.20. The van der Waals surface area contributed by atoms with Crippen LogP contribution in [0.5, 0.6) is 0 Å². The number of hydrogen-bond acceptors (Lipinski definition) is 4. The number of thiazole rings is 1.